The van der Waals surface area contributed by atoms with E-state index in [-0.39, 0.29) is 5.92 Å². The normalized spacial score (nSPS) is 26.5. The molecule has 7 nitrogen and oxygen atoms in total. The SMILES string of the molecule is CCN1CCN(C(C)CNC(=NC)NC2CCN(C(=O)C3CCCCC3)C2)CC1. The number of likely N-dealkylation sites (N-methyl/N-ethyl adjacent to an activating group) is 1. The minimum atomic E-state index is 0.272. The maximum Gasteiger partial charge on any atom is 0.225 e. The number of guanidine groups is 1. The average Bonchev–Trinajstić information content (AvgIpc) is 3.25. The third-order valence-corrected chi connectivity index (χ3v) is 7.06. The van der Waals surface area contributed by atoms with Gasteiger partial charge >= 0.3 is 0 Å². The summed E-state index contributed by atoms with van der Waals surface area (Å²) in [5, 5.41) is 7.05. The third kappa shape index (κ3) is 6.32. The standard InChI is InChI=1S/C22H42N6O/c1-4-26-12-14-27(15-13-26)18(2)16-24-22(23-3)25-20-10-11-28(17-20)21(29)19-8-6-5-7-9-19/h18-20H,4-17H2,1-3H3,(H2,23,24,25). The van der Waals surface area contributed by atoms with Gasteiger partial charge in [-0.2, -0.15) is 0 Å². The Morgan fingerprint density at radius 3 is 2.45 bits per heavy atom. The molecular formula is C22H42N6O. The first-order valence-electron chi connectivity index (χ1n) is 11.8. The molecule has 29 heavy (non-hydrogen) atoms. The van der Waals surface area contributed by atoms with Gasteiger partial charge in [-0.3, -0.25) is 14.7 Å². The van der Waals surface area contributed by atoms with Crippen LogP contribution >= 0.6 is 0 Å². The summed E-state index contributed by atoms with van der Waals surface area (Å²) in [6.45, 7) is 12.9. The van der Waals surface area contributed by atoms with E-state index in [9.17, 15) is 4.79 Å². The van der Waals surface area contributed by atoms with Crippen LogP contribution in [0.1, 0.15) is 52.4 Å². The van der Waals surface area contributed by atoms with Crippen LogP contribution in [0.4, 0.5) is 0 Å². The Morgan fingerprint density at radius 2 is 1.79 bits per heavy atom. The highest BCUT2D eigenvalue weighted by molar-refractivity contribution is 5.81. The van der Waals surface area contributed by atoms with Gasteiger partial charge in [0.15, 0.2) is 5.96 Å². The molecule has 0 radical (unpaired) electrons. The van der Waals surface area contributed by atoms with E-state index in [2.05, 4.69) is 44.2 Å². The summed E-state index contributed by atoms with van der Waals surface area (Å²) in [7, 11) is 1.83. The predicted molar refractivity (Wildman–Crippen MR) is 119 cm³/mol. The Labute approximate surface area is 177 Å². The molecule has 3 rings (SSSR count). The van der Waals surface area contributed by atoms with E-state index in [1.54, 1.807) is 0 Å². The molecule has 2 aliphatic heterocycles. The van der Waals surface area contributed by atoms with Gasteiger partial charge in [-0.05, 0) is 32.7 Å². The smallest absolute Gasteiger partial charge is 0.225 e. The van der Waals surface area contributed by atoms with Crippen molar-refractivity contribution >= 4 is 11.9 Å². The van der Waals surface area contributed by atoms with E-state index >= 15 is 0 Å². The molecule has 1 aliphatic carbocycles. The lowest BCUT2D eigenvalue weighted by atomic mass is 9.88. The first-order valence-corrected chi connectivity index (χ1v) is 11.8. The number of rotatable bonds is 6. The van der Waals surface area contributed by atoms with Crippen molar-refractivity contribution in [3.63, 3.8) is 0 Å². The van der Waals surface area contributed by atoms with Gasteiger partial charge in [-0.15, -0.1) is 0 Å². The van der Waals surface area contributed by atoms with Gasteiger partial charge < -0.3 is 20.4 Å². The number of nitrogens with zero attached hydrogens (tertiary/aromatic N) is 4. The minimum Gasteiger partial charge on any atom is -0.355 e. The van der Waals surface area contributed by atoms with Gasteiger partial charge in [0.05, 0.1) is 0 Å². The number of nitrogens with one attached hydrogen (secondary N) is 2. The molecule has 1 amide bonds. The molecular weight excluding hydrogens is 364 g/mol. The molecule has 3 aliphatic rings. The Bertz CT molecular complexity index is 539. The lowest BCUT2D eigenvalue weighted by Gasteiger charge is -2.37. The molecule has 3 fully saturated rings. The number of carbonyl (C=O) groups is 1. The second-order valence-corrected chi connectivity index (χ2v) is 9.02. The van der Waals surface area contributed by atoms with Gasteiger partial charge in [-0.25, -0.2) is 0 Å². The third-order valence-electron chi connectivity index (χ3n) is 7.06. The molecule has 0 aromatic carbocycles. The van der Waals surface area contributed by atoms with Crippen molar-refractivity contribution in [2.24, 2.45) is 10.9 Å². The zero-order valence-corrected chi connectivity index (χ0v) is 18.8. The Kier molecular flexibility index (Phi) is 8.60. The van der Waals surface area contributed by atoms with Crippen molar-refractivity contribution < 1.29 is 4.79 Å². The van der Waals surface area contributed by atoms with Crippen molar-refractivity contribution in [2.45, 2.75) is 64.5 Å². The number of carbonyl (C=O) groups excluding carboxylic acids is 1. The highest BCUT2D eigenvalue weighted by Crippen LogP contribution is 2.26. The molecule has 0 bridgehead atoms. The molecule has 7 heteroatoms. The summed E-state index contributed by atoms with van der Waals surface area (Å²) in [5.41, 5.74) is 0. The summed E-state index contributed by atoms with van der Waals surface area (Å²) >= 11 is 0. The van der Waals surface area contributed by atoms with E-state index in [1.165, 1.54) is 32.4 Å². The fourth-order valence-corrected chi connectivity index (χ4v) is 4.97. The molecule has 2 unspecified atom stereocenters. The number of piperazine rings is 1. The van der Waals surface area contributed by atoms with Crippen molar-refractivity contribution in [3.8, 4) is 0 Å². The zero-order chi connectivity index (χ0) is 20.6. The van der Waals surface area contributed by atoms with Crippen molar-refractivity contribution in [3.05, 3.63) is 0 Å². The number of hydrogen-bond acceptors (Lipinski definition) is 4. The van der Waals surface area contributed by atoms with E-state index in [4.69, 9.17) is 0 Å². The topological polar surface area (TPSA) is 63.2 Å². The Hall–Kier alpha value is -1.34. The van der Waals surface area contributed by atoms with Crippen LogP contribution in [0.2, 0.25) is 0 Å². The molecule has 2 atom stereocenters. The zero-order valence-electron chi connectivity index (χ0n) is 18.8. The molecule has 2 saturated heterocycles. The molecule has 2 N–H and O–H groups in total. The molecule has 0 aromatic rings. The summed E-state index contributed by atoms with van der Waals surface area (Å²) < 4.78 is 0. The average molecular weight is 407 g/mol. The monoisotopic (exact) mass is 406 g/mol. The largest absolute Gasteiger partial charge is 0.355 e. The first-order chi connectivity index (χ1) is 14.1. The lowest BCUT2D eigenvalue weighted by Crippen LogP contribution is -2.53. The van der Waals surface area contributed by atoms with E-state index in [1.807, 2.05) is 7.05 Å². The second kappa shape index (κ2) is 11.2. The van der Waals surface area contributed by atoms with Crippen LogP contribution in [0.3, 0.4) is 0 Å². The summed E-state index contributed by atoms with van der Waals surface area (Å²) in [5.74, 6) is 1.52. The first kappa shape index (κ1) is 22.3. The quantitative estimate of drug-likeness (QED) is 0.515. The van der Waals surface area contributed by atoms with E-state index in [0.29, 0.717) is 18.0 Å². The van der Waals surface area contributed by atoms with Gasteiger partial charge in [0.1, 0.15) is 0 Å². The highest BCUT2D eigenvalue weighted by atomic mass is 16.2. The van der Waals surface area contributed by atoms with E-state index in [0.717, 1.165) is 64.5 Å². The fraction of sp³-hybridized carbons (Fsp3) is 0.909. The minimum absolute atomic E-state index is 0.272. The Morgan fingerprint density at radius 1 is 1.07 bits per heavy atom. The lowest BCUT2D eigenvalue weighted by molar-refractivity contribution is -0.135. The molecule has 0 spiro atoms. The molecule has 0 aromatic heterocycles. The van der Waals surface area contributed by atoms with Gasteiger partial charge in [0.2, 0.25) is 5.91 Å². The maximum atomic E-state index is 12.8. The van der Waals surface area contributed by atoms with Crippen LogP contribution in [0, 0.1) is 5.92 Å². The summed E-state index contributed by atoms with van der Waals surface area (Å²) in [6.07, 6.45) is 6.90. The van der Waals surface area contributed by atoms with Crippen LogP contribution in [0.15, 0.2) is 4.99 Å². The van der Waals surface area contributed by atoms with Crippen LogP contribution < -0.4 is 10.6 Å². The highest BCUT2D eigenvalue weighted by Gasteiger charge is 2.32. The van der Waals surface area contributed by atoms with Crippen LogP contribution in [-0.4, -0.2) is 98.1 Å². The van der Waals surface area contributed by atoms with Crippen LogP contribution in [0.25, 0.3) is 0 Å². The molecule has 2 heterocycles. The fourth-order valence-electron chi connectivity index (χ4n) is 4.97. The predicted octanol–water partition coefficient (Wildman–Crippen LogP) is 1.36. The van der Waals surface area contributed by atoms with Crippen LogP contribution in [0.5, 0.6) is 0 Å². The second-order valence-electron chi connectivity index (χ2n) is 9.02. The van der Waals surface area contributed by atoms with Crippen LogP contribution in [-0.2, 0) is 4.79 Å². The summed E-state index contributed by atoms with van der Waals surface area (Å²) in [6, 6.07) is 0.789. The van der Waals surface area contributed by atoms with Crippen molar-refractivity contribution in [1.82, 2.24) is 25.3 Å². The number of hydrogen-bond donors (Lipinski definition) is 2. The van der Waals surface area contributed by atoms with Gasteiger partial charge in [-0.1, -0.05) is 26.2 Å². The summed E-state index contributed by atoms with van der Waals surface area (Å²) in [4.78, 5) is 24.4. The van der Waals surface area contributed by atoms with Gasteiger partial charge in [0, 0.05) is 70.9 Å². The van der Waals surface area contributed by atoms with Gasteiger partial charge in [0.25, 0.3) is 0 Å². The number of likely N-dealkylation sites (tertiary alicyclic amines) is 1. The van der Waals surface area contributed by atoms with E-state index < -0.39 is 0 Å². The van der Waals surface area contributed by atoms with Crippen molar-refractivity contribution in [2.75, 3.05) is 59.4 Å². The number of amides is 1. The molecule has 1 saturated carbocycles. The molecule has 166 valence electrons. The Balaban J connectivity index is 1.38. The maximum absolute atomic E-state index is 12.8. The van der Waals surface area contributed by atoms with Crippen molar-refractivity contribution in [1.29, 1.82) is 0 Å². The number of aliphatic imine (C=N–C) groups is 1.